The van der Waals surface area contributed by atoms with Crippen molar-refractivity contribution in [3.8, 4) is 11.8 Å². The number of nitriles is 1. The summed E-state index contributed by atoms with van der Waals surface area (Å²) in [6.45, 7) is 1.74. The van der Waals surface area contributed by atoms with Crippen LogP contribution < -0.4 is 17.0 Å². The molecule has 3 aromatic rings. The first kappa shape index (κ1) is 16.9. The highest BCUT2D eigenvalue weighted by atomic mass is 16.5. The molecule has 0 radical (unpaired) electrons. The molecule has 9 nitrogen and oxygen atoms in total. The van der Waals surface area contributed by atoms with Gasteiger partial charge in [0, 0.05) is 0 Å². The van der Waals surface area contributed by atoms with Crippen molar-refractivity contribution in [3.05, 3.63) is 51.9 Å². The van der Waals surface area contributed by atoms with Crippen LogP contribution in [0.2, 0.25) is 0 Å². The molecule has 0 aliphatic carbocycles. The zero-order chi connectivity index (χ0) is 18.8. The number of esters is 1. The van der Waals surface area contributed by atoms with Crippen molar-refractivity contribution in [2.24, 2.45) is 0 Å². The predicted octanol–water partition coefficient (Wildman–Crippen LogP) is 0.993. The van der Waals surface area contributed by atoms with E-state index < -0.39 is 11.5 Å². The zero-order valence-corrected chi connectivity index (χ0v) is 13.8. The number of carbonyl (C=O) groups excluding carboxylic acids is 1. The summed E-state index contributed by atoms with van der Waals surface area (Å²) in [7, 11) is 0. The van der Waals surface area contributed by atoms with Gasteiger partial charge in [0.2, 0.25) is 0 Å². The average Bonchev–Trinajstić information content (AvgIpc) is 2.63. The van der Waals surface area contributed by atoms with Gasteiger partial charge in [-0.25, -0.2) is 9.78 Å². The van der Waals surface area contributed by atoms with Gasteiger partial charge < -0.3 is 16.2 Å². The van der Waals surface area contributed by atoms with Crippen LogP contribution in [0.4, 0.5) is 11.5 Å². The van der Waals surface area contributed by atoms with E-state index in [1.54, 1.807) is 37.3 Å². The van der Waals surface area contributed by atoms with Crippen LogP contribution in [0.3, 0.4) is 0 Å². The third-order valence-electron chi connectivity index (χ3n) is 3.68. The molecule has 26 heavy (non-hydrogen) atoms. The first-order valence-electron chi connectivity index (χ1n) is 7.64. The number of hydrogen-bond acceptors (Lipinski definition) is 8. The SMILES string of the molecule is CCOC(=O)c1nn(-c2ccccc2)c(=O)c2c(N)c(C#N)c(N)nc12. The van der Waals surface area contributed by atoms with E-state index in [4.69, 9.17) is 16.2 Å². The Morgan fingerprint density at radius 3 is 2.62 bits per heavy atom. The summed E-state index contributed by atoms with van der Waals surface area (Å²) in [5, 5.41) is 13.2. The molecule has 4 N–H and O–H groups in total. The fourth-order valence-corrected chi connectivity index (χ4v) is 2.51. The molecule has 0 bridgehead atoms. The number of para-hydroxylation sites is 1. The number of ether oxygens (including phenoxy) is 1. The van der Waals surface area contributed by atoms with Crippen LogP contribution in [0.25, 0.3) is 16.6 Å². The molecule has 0 aliphatic heterocycles. The maximum atomic E-state index is 12.9. The molecule has 0 saturated carbocycles. The number of nitrogens with two attached hydrogens (primary N) is 2. The van der Waals surface area contributed by atoms with Gasteiger partial charge in [-0.15, -0.1) is 0 Å². The van der Waals surface area contributed by atoms with Crippen LogP contribution in [0.15, 0.2) is 35.1 Å². The molecule has 0 unspecified atom stereocenters. The average molecular weight is 350 g/mol. The van der Waals surface area contributed by atoms with E-state index >= 15 is 0 Å². The van der Waals surface area contributed by atoms with E-state index in [1.807, 2.05) is 6.07 Å². The van der Waals surface area contributed by atoms with Gasteiger partial charge in [-0.1, -0.05) is 18.2 Å². The van der Waals surface area contributed by atoms with Gasteiger partial charge in [0.15, 0.2) is 5.69 Å². The lowest BCUT2D eigenvalue weighted by molar-refractivity contribution is 0.0519. The molecular weight excluding hydrogens is 336 g/mol. The van der Waals surface area contributed by atoms with E-state index in [1.165, 1.54) is 0 Å². The van der Waals surface area contributed by atoms with Crippen molar-refractivity contribution >= 4 is 28.4 Å². The van der Waals surface area contributed by atoms with Crippen LogP contribution in [-0.2, 0) is 4.74 Å². The van der Waals surface area contributed by atoms with Crippen LogP contribution in [0, 0.1) is 11.3 Å². The van der Waals surface area contributed by atoms with E-state index in [2.05, 4.69) is 10.1 Å². The molecule has 0 aliphatic rings. The minimum absolute atomic E-state index is 0.102. The van der Waals surface area contributed by atoms with E-state index in [9.17, 15) is 14.9 Å². The number of rotatable bonds is 3. The van der Waals surface area contributed by atoms with Gasteiger partial charge in [0.1, 0.15) is 23.0 Å². The Bertz CT molecular complexity index is 1120. The summed E-state index contributed by atoms with van der Waals surface area (Å²) in [5.41, 5.74) is 10.9. The molecule has 0 amide bonds. The van der Waals surface area contributed by atoms with Crippen molar-refractivity contribution in [1.29, 1.82) is 5.26 Å². The second kappa shape index (κ2) is 6.52. The topological polar surface area (TPSA) is 150 Å². The Labute approximate surface area is 147 Å². The molecule has 130 valence electrons. The number of aromatic nitrogens is 3. The third-order valence-corrected chi connectivity index (χ3v) is 3.68. The minimum atomic E-state index is -0.779. The molecule has 0 fully saturated rings. The lowest BCUT2D eigenvalue weighted by Crippen LogP contribution is -2.27. The van der Waals surface area contributed by atoms with Crippen LogP contribution >= 0.6 is 0 Å². The van der Waals surface area contributed by atoms with E-state index in [-0.39, 0.29) is 40.3 Å². The Morgan fingerprint density at radius 1 is 1.31 bits per heavy atom. The van der Waals surface area contributed by atoms with Crippen molar-refractivity contribution in [1.82, 2.24) is 14.8 Å². The Kier molecular flexibility index (Phi) is 4.24. The van der Waals surface area contributed by atoms with Crippen molar-refractivity contribution in [2.45, 2.75) is 6.92 Å². The van der Waals surface area contributed by atoms with Crippen LogP contribution in [-0.4, -0.2) is 27.3 Å². The van der Waals surface area contributed by atoms with Gasteiger partial charge in [0.25, 0.3) is 5.56 Å². The van der Waals surface area contributed by atoms with Crippen LogP contribution in [0.1, 0.15) is 23.0 Å². The number of hydrogen-bond donors (Lipinski definition) is 2. The molecule has 3 rings (SSSR count). The standard InChI is InChI=1S/C17H14N6O3/c1-2-26-17(25)14-13-11(12(19)10(8-18)15(20)21-13)16(24)23(22-14)9-6-4-3-5-7-9/h3-7H,2H2,1H3,(H4,19,20,21). The summed E-state index contributed by atoms with van der Waals surface area (Å²) in [6, 6.07) is 10.3. The highest BCUT2D eigenvalue weighted by molar-refractivity contribution is 6.05. The fourth-order valence-electron chi connectivity index (χ4n) is 2.51. The largest absolute Gasteiger partial charge is 0.461 e. The highest BCUT2D eigenvalue weighted by Crippen LogP contribution is 2.26. The zero-order valence-electron chi connectivity index (χ0n) is 13.8. The molecule has 0 saturated heterocycles. The summed E-state index contributed by atoms with van der Waals surface area (Å²) >= 11 is 0. The molecule has 0 atom stereocenters. The fraction of sp³-hybridized carbons (Fsp3) is 0.118. The van der Waals surface area contributed by atoms with Crippen molar-refractivity contribution in [2.75, 3.05) is 18.1 Å². The first-order chi connectivity index (χ1) is 12.5. The lowest BCUT2D eigenvalue weighted by atomic mass is 10.1. The number of benzene rings is 1. The summed E-state index contributed by atoms with van der Waals surface area (Å²) < 4.78 is 6.02. The molecule has 1 aromatic carbocycles. The molecule has 0 spiro atoms. The van der Waals surface area contributed by atoms with Crippen molar-refractivity contribution in [3.63, 3.8) is 0 Å². The predicted molar refractivity (Wildman–Crippen MR) is 94.6 cm³/mol. The molecular formula is C17H14N6O3. The maximum absolute atomic E-state index is 12.9. The summed E-state index contributed by atoms with van der Waals surface area (Å²) in [6.07, 6.45) is 0. The van der Waals surface area contributed by atoms with Gasteiger partial charge in [-0.2, -0.15) is 15.0 Å². The molecule has 9 heteroatoms. The van der Waals surface area contributed by atoms with Gasteiger partial charge in [0.05, 0.1) is 23.4 Å². The number of anilines is 2. The Hall–Kier alpha value is -3.93. The highest BCUT2D eigenvalue weighted by Gasteiger charge is 2.24. The quantitative estimate of drug-likeness (QED) is 0.664. The van der Waals surface area contributed by atoms with Gasteiger partial charge in [-0.3, -0.25) is 4.79 Å². The number of pyridine rings is 1. The minimum Gasteiger partial charge on any atom is -0.461 e. The second-order valence-corrected chi connectivity index (χ2v) is 5.24. The third kappa shape index (κ3) is 2.59. The number of fused-ring (bicyclic) bond motifs is 1. The van der Waals surface area contributed by atoms with Gasteiger partial charge in [-0.05, 0) is 19.1 Å². The number of carbonyl (C=O) groups is 1. The first-order valence-corrected chi connectivity index (χ1v) is 7.64. The smallest absolute Gasteiger partial charge is 0.361 e. The van der Waals surface area contributed by atoms with Gasteiger partial charge >= 0.3 is 5.97 Å². The van der Waals surface area contributed by atoms with E-state index in [0.29, 0.717) is 5.69 Å². The van der Waals surface area contributed by atoms with Crippen molar-refractivity contribution < 1.29 is 9.53 Å². The summed E-state index contributed by atoms with van der Waals surface area (Å²) in [5.74, 6) is -0.972. The second-order valence-electron chi connectivity index (χ2n) is 5.24. The lowest BCUT2D eigenvalue weighted by Gasteiger charge is -2.12. The maximum Gasteiger partial charge on any atom is 0.361 e. The van der Waals surface area contributed by atoms with E-state index in [0.717, 1.165) is 4.68 Å². The monoisotopic (exact) mass is 350 g/mol. The Balaban J connectivity index is 2.49. The molecule has 2 aromatic heterocycles. The molecule has 2 heterocycles. The summed E-state index contributed by atoms with van der Waals surface area (Å²) in [4.78, 5) is 29.3. The number of nitrogen functional groups attached to an aromatic ring is 2. The Morgan fingerprint density at radius 2 is 2.00 bits per heavy atom. The van der Waals surface area contributed by atoms with Crippen LogP contribution in [0.5, 0.6) is 0 Å². The normalized spacial score (nSPS) is 10.5. The number of nitrogens with zero attached hydrogens (tertiary/aromatic N) is 4.